The Morgan fingerprint density at radius 3 is 1.10 bits per heavy atom. The van der Waals surface area contributed by atoms with E-state index in [1.165, 1.54) is 0 Å². The Morgan fingerprint density at radius 1 is 0.600 bits per heavy atom. The molecule has 0 aliphatic heterocycles. The van der Waals surface area contributed by atoms with E-state index in [0.29, 0.717) is 11.1 Å². The minimum absolute atomic E-state index is 0.0201. The summed E-state index contributed by atoms with van der Waals surface area (Å²) in [5, 5.41) is 0. The van der Waals surface area contributed by atoms with Gasteiger partial charge in [-0.05, 0) is 51.7 Å². The number of benzene rings is 1. The van der Waals surface area contributed by atoms with Crippen LogP contribution in [0.4, 0.5) is 0 Å². The Labute approximate surface area is 176 Å². The van der Waals surface area contributed by atoms with Gasteiger partial charge in [0, 0.05) is 0 Å². The number of esters is 4. The van der Waals surface area contributed by atoms with Crippen LogP contribution in [-0.2, 0) is 51.0 Å². The van der Waals surface area contributed by atoms with E-state index >= 15 is 0 Å². The lowest BCUT2D eigenvalue weighted by Crippen LogP contribution is -2.32. The third-order valence-corrected chi connectivity index (χ3v) is 4.25. The van der Waals surface area contributed by atoms with Crippen LogP contribution in [-0.4, -0.2) is 50.3 Å². The summed E-state index contributed by atoms with van der Waals surface area (Å²) in [5.41, 5.74) is 1.25. The maximum absolute atomic E-state index is 12.3. The van der Waals surface area contributed by atoms with Crippen molar-refractivity contribution in [3.63, 3.8) is 0 Å². The monoisotopic (exact) mass is 422 g/mol. The van der Waals surface area contributed by atoms with E-state index < -0.39 is 35.7 Å². The Hall–Kier alpha value is -2.90. The summed E-state index contributed by atoms with van der Waals surface area (Å²) in [4.78, 5) is 49.3. The predicted molar refractivity (Wildman–Crippen MR) is 107 cm³/mol. The molecule has 0 aliphatic carbocycles. The molecule has 30 heavy (non-hydrogen) atoms. The molecule has 0 bridgehead atoms. The van der Waals surface area contributed by atoms with Crippen LogP contribution in [0.1, 0.15) is 38.8 Å². The van der Waals surface area contributed by atoms with Crippen molar-refractivity contribution in [3.05, 3.63) is 35.4 Å². The maximum Gasteiger partial charge on any atom is 0.320 e. The molecule has 1 rings (SSSR count). The molecule has 8 nitrogen and oxygen atoms in total. The minimum atomic E-state index is -1.14. The molecule has 166 valence electrons. The second-order valence-corrected chi connectivity index (χ2v) is 6.29. The Bertz CT molecular complexity index is 631. The molecule has 0 aliphatic rings. The fourth-order valence-corrected chi connectivity index (χ4v) is 2.89. The first-order valence-electron chi connectivity index (χ1n) is 10.1. The summed E-state index contributed by atoms with van der Waals surface area (Å²) in [7, 11) is 0. The summed E-state index contributed by atoms with van der Waals surface area (Å²) < 4.78 is 20.1. The van der Waals surface area contributed by atoms with Crippen molar-refractivity contribution in [2.75, 3.05) is 26.4 Å². The summed E-state index contributed by atoms with van der Waals surface area (Å²) in [6.45, 7) is 7.12. The number of carbonyl (C=O) groups is 4. The van der Waals surface area contributed by atoms with Gasteiger partial charge in [-0.1, -0.05) is 24.3 Å². The third-order valence-electron chi connectivity index (χ3n) is 4.25. The largest absolute Gasteiger partial charge is 0.465 e. The topological polar surface area (TPSA) is 105 Å². The standard InChI is InChI=1S/C22H30O8/c1-5-27-19(23)17(20(24)28-6-2)13-15-11-9-10-12-16(15)14-18(21(25)29-7-3)22(26)30-8-4/h9-12,17-18H,5-8,13-14H2,1-4H3. The van der Waals surface area contributed by atoms with Crippen LogP contribution in [0.5, 0.6) is 0 Å². The highest BCUT2D eigenvalue weighted by Gasteiger charge is 2.33. The van der Waals surface area contributed by atoms with Crippen molar-refractivity contribution in [1.82, 2.24) is 0 Å². The highest BCUT2D eigenvalue weighted by Crippen LogP contribution is 2.21. The van der Waals surface area contributed by atoms with E-state index in [1.54, 1.807) is 52.0 Å². The molecule has 0 atom stereocenters. The fraction of sp³-hybridized carbons (Fsp3) is 0.545. The van der Waals surface area contributed by atoms with Crippen molar-refractivity contribution < 1.29 is 38.1 Å². The summed E-state index contributed by atoms with van der Waals surface area (Å²) in [5.74, 6) is -5.02. The lowest BCUT2D eigenvalue weighted by molar-refractivity contribution is -0.163. The molecule has 0 saturated carbocycles. The van der Waals surface area contributed by atoms with E-state index in [-0.39, 0.29) is 39.3 Å². The molecule has 0 saturated heterocycles. The smallest absolute Gasteiger partial charge is 0.320 e. The van der Waals surface area contributed by atoms with Crippen LogP contribution in [0.2, 0.25) is 0 Å². The zero-order chi connectivity index (χ0) is 22.5. The van der Waals surface area contributed by atoms with Gasteiger partial charge in [0.2, 0.25) is 0 Å². The van der Waals surface area contributed by atoms with Gasteiger partial charge in [0.25, 0.3) is 0 Å². The summed E-state index contributed by atoms with van der Waals surface area (Å²) >= 11 is 0. The molecule has 0 unspecified atom stereocenters. The molecule has 0 aromatic heterocycles. The van der Waals surface area contributed by atoms with Gasteiger partial charge < -0.3 is 18.9 Å². The Morgan fingerprint density at radius 2 is 0.867 bits per heavy atom. The van der Waals surface area contributed by atoms with E-state index in [2.05, 4.69) is 0 Å². The number of carbonyl (C=O) groups excluding carboxylic acids is 4. The molecule has 0 N–H and O–H groups in total. The normalized spacial score (nSPS) is 10.6. The first-order valence-corrected chi connectivity index (χ1v) is 10.1. The Kier molecular flexibility index (Phi) is 11.2. The molecule has 1 aromatic carbocycles. The minimum Gasteiger partial charge on any atom is -0.465 e. The Balaban J connectivity index is 3.18. The quantitative estimate of drug-likeness (QED) is 0.287. The van der Waals surface area contributed by atoms with Gasteiger partial charge in [0.1, 0.15) is 0 Å². The first-order chi connectivity index (χ1) is 14.4. The molecule has 0 heterocycles. The van der Waals surface area contributed by atoms with Crippen molar-refractivity contribution >= 4 is 23.9 Å². The van der Waals surface area contributed by atoms with Crippen LogP contribution >= 0.6 is 0 Å². The SMILES string of the molecule is CCOC(=O)C(Cc1ccccc1CC(C(=O)OCC)C(=O)OCC)C(=O)OCC. The van der Waals surface area contributed by atoms with Crippen LogP contribution < -0.4 is 0 Å². The van der Waals surface area contributed by atoms with E-state index in [4.69, 9.17) is 18.9 Å². The predicted octanol–water partition coefficient (Wildman–Crippen LogP) is 2.26. The van der Waals surface area contributed by atoms with Crippen LogP contribution in [0.25, 0.3) is 0 Å². The van der Waals surface area contributed by atoms with Crippen molar-refractivity contribution in [2.24, 2.45) is 11.8 Å². The summed E-state index contributed by atoms with van der Waals surface area (Å²) in [6.07, 6.45) is 0.0401. The lowest BCUT2D eigenvalue weighted by Gasteiger charge is -2.19. The highest BCUT2D eigenvalue weighted by molar-refractivity contribution is 5.96. The number of hydrogen-bond donors (Lipinski definition) is 0. The van der Waals surface area contributed by atoms with E-state index in [9.17, 15) is 19.2 Å². The van der Waals surface area contributed by atoms with Crippen LogP contribution in [0.15, 0.2) is 24.3 Å². The zero-order valence-electron chi connectivity index (χ0n) is 18.0. The molecule has 0 fully saturated rings. The van der Waals surface area contributed by atoms with Crippen LogP contribution in [0.3, 0.4) is 0 Å². The van der Waals surface area contributed by atoms with Gasteiger partial charge in [0.15, 0.2) is 11.8 Å². The van der Waals surface area contributed by atoms with Crippen LogP contribution in [0, 0.1) is 11.8 Å². The van der Waals surface area contributed by atoms with E-state index in [0.717, 1.165) is 0 Å². The number of ether oxygens (including phenoxy) is 4. The summed E-state index contributed by atoms with van der Waals surface area (Å²) in [6, 6.07) is 6.95. The van der Waals surface area contributed by atoms with Crippen molar-refractivity contribution in [2.45, 2.75) is 40.5 Å². The first kappa shape index (κ1) is 25.1. The molecular formula is C22H30O8. The molecular weight excluding hydrogens is 392 g/mol. The average molecular weight is 422 g/mol. The van der Waals surface area contributed by atoms with Gasteiger partial charge in [-0.3, -0.25) is 19.2 Å². The van der Waals surface area contributed by atoms with E-state index in [1.807, 2.05) is 0 Å². The number of rotatable bonds is 12. The van der Waals surface area contributed by atoms with Gasteiger partial charge in [-0.25, -0.2) is 0 Å². The van der Waals surface area contributed by atoms with Crippen molar-refractivity contribution in [3.8, 4) is 0 Å². The van der Waals surface area contributed by atoms with Gasteiger partial charge in [-0.15, -0.1) is 0 Å². The second kappa shape index (κ2) is 13.3. The van der Waals surface area contributed by atoms with Gasteiger partial charge in [-0.2, -0.15) is 0 Å². The van der Waals surface area contributed by atoms with Gasteiger partial charge >= 0.3 is 23.9 Å². The third kappa shape index (κ3) is 7.50. The molecule has 0 radical (unpaired) electrons. The number of hydrogen-bond acceptors (Lipinski definition) is 8. The molecule has 0 spiro atoms. The zero-order valence-corrected chi connectivity index (χ0v) is 18.0. The van der Waals surface area contributed by atoms with Crippen molar-refractivity contribution in [1.29, 1.82) is 0 Å². The molecule has 8 heteroatoms. The maximum atomic E-state index is 12.3. The average Bonchev–Trinajstić information content (AvgIpc) is 2.71. The second-order valence-electron chi connectivity index (χ2n) is 6.29. The highest BCUT2D eigenvalue weighted by atomic mass is 16.6. The van der Waals surface area contributed by atoms with Gasteiger partial charge in [0.05, 0.1) is 26.4 Å². The molecule has 0 amide bonds. The molecule has 1 aromatic rings. The fourth-order valence-electron chi connectivity index (χ4n) is 2.89. The lowest BCUT2D eigenvalue weighted by atomic mass is 9.90.